The number of carbonyl (C=O) groups excluding carboxylic acids is 2. The molecule has 0 aliphatic rings. The molecular weight excluding hydrogens is 498 g/mol. The first kappa shape index (κ1) is 26.9. The van der Waals surface area contributed by atoms with E-state index < -0.39 is 0 Å². The van der Waals surface area contributed by atoms with Crippen molar-refractivity contribution in [3.8, 4) is 16.9 Å². The molecule has 0 bridgehead atoms. The molecule has 0 atom stereocenters. The van der Waals surface area contributed by atoms with Crippen molar-refractivity contribution < 1.29 is 9.59 Å². The molecule has 4 rings (SSSR count). The predicted molar refractivity (Wildman–Crippen MR) is 154 cm³/mol. The van der Waals surface area contributed by atoms with Crippen LogP contribution in [0, 0.1) is 13.8 Å². The Balaban J connectivity index is 1.58. The number of carbonyl (C=O) groups is 2. The van der Waals surface area contributed by atoms with Crippen molar-refractivity contribution in [2.24, 2.45) is 0 Å². The zero-order chi connectivity index (χ0) is 27.1. The number of aryl methyl sites for hydroxylation is 2. The number of urea groups is 1. The number of hydrogen-bond acceptors (Lipinski definition) is 3. The summed E-state index contributed by atoms with van der Waals surface area (Å²) in [6.45, 7) is 6.46. The molecule has 0 spiro atoms. The molecule has 4 aromatic rings. The molecule has 0 saturated heterocycles. The van der Waals surface area contributed by atoms with Gasteiger partial charge < -0.3 is 15.5 Å². The third kappa shape index (κ3) is 6.81. The number of aromatic nitrogens is 2. The van der Waals surface area contributed by atoms with Gasteiger partial charge in [-0.1, -0.05) is 73.0 Å². The molecule has 0 saturated carbocycles. The molecule has 3 aromatic carbocycles. The van der Waals surface area contributed by atoms with Crippen LogP contribution >= 0.6 is 11.6 Å². The quantitative estimate of drug-likeness (QED) is 0.243. The van der Waals surface area contributed by atoms with E-state index in [1.165, 1.54) is 4.90 Å². The Labute approximate surface area is 228 Å². The summed E-state index contributed by atoms with van der Waals surface area (Å²) in [6.07, 6.45) is 1.67. The van der Waals surface area contributed by atoms with Crippen LogP contribution in [0.2, 0.25) is 5.02 Å². The topological polar surface area (TPSA) is 79.3 Å². The summed E-state index contributed by atoms with van der Waals surface area (Å²) >= 11 is 5.96. The van der Waals surface area contributed by atoms with Crippen LogP contribution in [0.3, 0.4) is 0 Å². The van der Waals surface area contributed by atoms with Gasteiger partial charge >= 0.3 is 6.03 Å². The first-order valence-electron chi connectivity index (χ1n) is 12.7. The Kier molecular flexibility index (Phi) is 8.81. The summed E-state index contributed by atoms with van der Waals surface area (Å²) in [4.78, 5) is 27.8. The Morgan fingerprint density at radius 2 is 1.68 bits per heavy atom. The number of rotatable bonds is 9. The number of nitrogens with zero attached hydrogens (tertiary/aromatic N) is 3. The van der Waals surface area contributed by atoms with Gasteiger partial charge in [-0.3, -0.25) is 4.79 Å². The summed E-state index contributed by atoms with van der Waals surface area (Å²) in [6, 6.07) is 24.3. The minimum Gasteiger partial charge on any atom is -0.315 e. The van der Waals surface area contributed by atoms with Crippen molar-refractivity contribution in [2.75, 3.05) is 23.7 Å². The number of anilines is 2. The average Bonchev–Trinajstić information content (AvgIpc) is 3.31. The van der Waals surface area contributed by atoms with Crippen LogP contribution < -0.4 is 10.6 Å². The summed E-state index contributed by atoms with van der Waals surface area (Å²) < 4.78 is 1.75. The fraction of sp³-hybridized carbons (Fsp3) is 0.233. The molecule has 1 aromatic heterocycles. The van der Waals surface area contributed by atoms with Gasteiger partial charge in [0.05, 0.1) is 11.4 Å². The number of benzene rings is 3. The molecule has 7 nitrogen and oxygen atoms in total. The van der Waals surface area contributed by atoms with Gasteiger partial charge in [-0.15, -0.1) is 0 Å². The maximum Gasteiger partial charge on any atom is 0.322 e. The number of hydrogen-bond donors (Lipinski definition) is 2. The van der Waals surface area contributed by atoms with Gasteiger partial charge in [0.2, 0.25) is 5.91 Å². The normalized spacial score (nSPS) is 10.7. The van der Waals surface area contributed by atoms with E-state index in [4.69, 9.17) is 16.7 Å². The molecule has 38 heavy (non-hydrogen) atoms. The zero-order valence-electron chi connectivity index (χ0n) is 21.9. The number of halogens is 1. The van der Waals surface area contributed by atoms with Crippen LogP contribution in [0.1, 0.15) is 30.9 Å². The van der Waals surface area contributed by atoms with Crippen LogP contribution in [-0.2, 0) is 4.79 Å². The molecule has 0 aliphatic heterocycles. The molecule has 0 fully saturated rings. The third-order valence-corrected chi connectivity index (χ3v) is 6.38. The smallest absolute Gasteiger partial charge is 0.315 e. The van der Waals surface area contributed by atoms with Gasteiger partial charge in [-0.25, -0.2) is 9.48 Å². The van der Waals surface area contributed by atoms with Crippen molar-refractivity contribution in [3.05, 3.63) is 95.0 Å². The second kappa shape index (κ2) is 12.4. The summed E-state index contributed by atoms with van der Waals surface area (Å²) in [5, 5.41) is 11.3. The standard InChI is InChI=1S/C30H32ClN5O2/c1-4-5-17-35(30(38)32-25-14-12-24(31)13-15-25)20-29(37)33-28-19-26(23-9-7-6-8-10-23)34-36(28)27-16-11-21(2)18-22(27)3/h6-16,18-19H,4-5,17,20H2,1-3H3,(H,32,38)(H,33,37). The molecule has 0 radical (unpaired) electrons. The van der Waals surface area contributed by atoms with E-state index >= 15 is 0 Å². The van der Waals surface area contributed by atoms with E-state index in [2.05, 4.69) is 16.7 Å². The maximum absolute atomic E-state index is 13.3. The predicted octanol–water partition coefficient (Wildman–Crippen LogP) is 7.08. The number of nitrogens with one attached hydrogen (secondary N) is 2. The Bertz CT molecular complexity index is 1400. The SMILES string of the molecule is CCCCN(CC(=O)Nc1cc(-c2ccccc2)nn1-c1ccc(C)cc1C)C(=O)Nc1ccc(Cl)cc1. The zero-order valence-corrected chi connectivity index (χ0v) is 22.6. The van der Waals surface area contributed by atoms with Crippen molar-refractivity contribution in [3.63, 3.8) is 0 Å². The second-order valence-corrected chi connectivity index (χ2v) is 9.68. The molecule has 2 N–H and O–H groups in total. The van der Waals surface area contributed by atoms with E-state index in [0.29, 0.717) is 23.1 Å². The van der Waals surface area contributed by atoms with Crippen LogP contribution in [0.25, 0.3) is 16.9 Å². The van der Waals surface area contributed by atoms with Crippen molar-refractivity contribution in [2.45, 2.75) is 33.6 Å². The molecule has 3 amide bonds. The third-order valence-electron chi connectivity index (χ3n) is 6.13. The minimum absolute atomic E-state index is 0.0991. The summed E-state index contributed by atoms with van der Waals surface area (Å²) in [5.41, 5.74) is 5.35. The maximum atomic E-state index is 13.3. The van der Waals surface area contributed by atoms with E-state index in [1.54, 1.807) is 28.9 Å². The summed E-state index contributed by atoms with van der Waals surface area (Å²) in [5.74, 6) is 0.229. The molecule has 196 valence electrons. The van der Waals surface area contributed by atoms with Crippen molar-refractivity contribution >= 4 is 35.0 Å². The largest absolute Gasteiger partial charge is 0.322 e. The van der Waals surface area contributed by atoms with Gasteiger partial charge in [0, 0.05) is 28.9 Å². The lowest BCUT2D eigenvalue weighted by atomic mass is 10.1. The molecule has 0 unspecified atom stereocenters. The molecule has 8 heteroatoms. The van der Waals surface area contributed by atoms with E-state index in [0.717, 1.165) is 40.9 Å². The number of amides is 3. The van der Waals surface area contributed by atoms with Gasteiger partial charge in [-0.2, -0.15) is 5.10 Å². The minimum atomic E-state index is -0.344. The highest BCUT2D eigenvalue weighted by atomic mass is 35.5. The lowest BCUT2D eigenvalue weighted by molar-refractivity contribution is -0.116. The van der Waals surface area contributed by atoms with E-state index in [-0.39, 0.29) is 18.5 Å². The van der Waals surface area contributed by atoms with Crippen LogP contribution in [0.15, 0.2) is 78.9 Å². The number of unbranched alkanes of at least 4 members (excludes halogenated alkanes) is 1. The highest BCUT2D eigenvalue weighted by Gasteiger charge is 2.20. The fourth-order valence-electron chi connectivity index (χ4n) is 4.14. The summed E-state index contributed by atoms with van der Waals surface area (Å²) in [7, 11) is 0. The average molecular weight is 530 g/mol. The lowest BCUT2D eigenvalue weighted by Gasteiger charge is -2.22. The highest BCUT2D eigenvalue weighted by molar-refractivity contribution is 6.30. The van der Waals surface area contributed by atoms with Gasteiger partial charge in [0.1, 0.15) is 12.4 Å². The Morgan fingerprint density at radius 1 is 0.947 bits per heavy atom. The molecular formula is C30H32ClN5O2. The molecule has 0 aliphatic carbocycles. The van der Waals surface area contributed by atoms with Crippen LogP contribution in [0.5, 0.6) is 0 Å². The first-order valence-corrected chi connectivity index (χ1v) is 13.1. The van der Waals surface area contributed by atoms with E-state index in [9.17, 15) is 9.59 Å². The highest BCUT2D eigenvalue weighted by Crippen LogP contribution is 2.26. The molecule has 1 heterocycles. The Morgan fingerprint density at radius 3 is 2.37 bits per heavy atom. The van der Waals surface area contributed by atoms with Crippen LogP contribution in [0.4, 0.5) is 16.3 Å². The second-order valence-electron chi connectivity index (χ2n) is 9.24. The Hall–Kier alpha value is -4.10. The fourth-order valence-corrected chi connectivity index (χ4v) is 4.27. The van der Waals surface area contributed by atoms with Crippen LogP contribution in [-0.4, -0.2) is 39.7 Å². The lowest BCUT2D eigenvalue weighted by Crippen LogP contribution is -2.41. The van der Waals surface area contributed by atoms with Gasteiger partial charge in [0.25, 0.3) is 0 Å². The van der Waals surface area contributed by atoms with Gasteiger partial charge in [-0.05, 0) is 56.2 Å². The van der Waals surface area contributed by atoms with Crippen molar-refractivity contribution in [1.82, 2.24) is 14.7 Å². The van der Waals surface area contributed by atoms with E-state index in [1.807, 2.05) is 69.3 Å². The monoisotopic (exact) mass is 529 g/mol. The van der Waals surface area contributed by atoms with Crippen molar-refractivity contribution in [1.29, 1.82) is 0 Å². The first-order chi connectivity index (χ1) is 18.3. The van der Waals surface area contributed by atoms with Gasteiger partial charge in [0.15, 0.2) is 0 Å².